The quantitative estimate of drug-likeness (QED) is 0.541. The Morgan fingerprint density at radius 2 is 1.73 bits per heavy atom. The number of hydrogen-bond acceptors (Lipinski definition) is 5. The summed E-state index contributed by atoms with van der Waals surface area (Å²) in [6.45, 7) is 1.50. The van der Waals surface area contributed by atoms with Crippen molar-refractivity contribution in [2.45, 2.75) is 11.8 Å². The maximum absolute atomic E-state index is 12.7. The number of rotatable bonds is 5. The Bertz CT molecular complexity index is 1110. The molecule has 1 N–H and O–H groups in total. The molecule has 0 aliphatic rings. The molecule has 0 bridgehead atoms. The van der Waals surface area contributed by atoms with Gasteiger partial charge in [-0.1, -0.05) is 18.2 Å². The molecule has 0 spiro atoms. The summed E-state index contributed by atoms with van der Waals surface area (Å²) in [5.41, 5.74) is 0.288. The van der Waals surface area contributed by atoms with Crippen LogP contribution in [-0.4, -0.2) is 20.5 Å². The van der Waals surface area contributed by atoms with Gasteiger partial charge in [-0.25, -0.2) is 8.42 Å². The van der Waals surface area contributed by atoms with Gasteiger partial charge in [-0.2, -0.15) is 0 Å². The van der Waals surface area contributed by atoms with Crippen LogP contribution < -0.4 is 9.46 Å². The average molecular weight is 372 g/mol. The normalized spacial score (nSPS) is 11.3. The Labute approximate surface area is 150 Å². The van der Waals surface area contributed by atoms with Crippen LogP contribution in [-0.2, 0) is 10.0 Å². The van der Waals surface area contributed by atoms with Gasteiger partial charge in [-0.3, -0.25) is 14.8 Å². The van der Waals surface area contributed by atoms with Crippen molar-refractivity contribution >= 4 is 32.2 Å². The van der Waals surface area contributed by atoms with E-state index in [0.29, 0.717) is 5.75 Å². The molecule has 7 nitrogen and oxygen atoms in total. The van der Waals surface area contributed by atoms with Crippen LogP contribution in [0, 0.1) is 17.0 Å². The highest BCUT2D eigenvalue weighted by atomic mass is 32.2. The summed E-state index contributed by atoms with van der Waals surface area (Å²) >= 11 is 0. The number of nitro groups is 1. The summed E-state index contributed by atoms with van der Waals surface area (Å²) < 4.78 is 33.0. The largest absolute Gasteiger partial charge is 0.497 e. The second-order valence-corrected chi connectivity index (χ2v) is 7.37. The Morgan fingerprint density at radius 1 is 1.04 bits per heavy atom. The minimum absolute atomic E-state index is 0.0704. The number of nitrogens with one attached hydrogen (secondary N) is 1. The monoisotopic (exact) mass is 372 g/mol. The second-order valence-electron chi connectivity index (χ2n) is 5.69. The summed E-state index contributed by atoms with van der Waals surface area (Å²) in [6.07, 6.45) is 0. The minimum Gasteiger partial charge on any atom is -0.497 e. The van der Waals surface area contributed by atoms with Crippen LogP contribution >= 0.6 is 0 Å². The lowest BCUT2D eigenvalue weighted by Gasteiger charge is -2.11. The van der Waals surface area contributed by atoms with Crippen molar-refractivity contribution in [2.24, 2.45) is 0 Å². The summed E-state index contributed by atoms with van der Waals surface area (Å²) in [5.74, 6) is 0.679. The maximum atomic E-state index is 12.7. The molecule has 134 valence electrons. The smallest absolute Gasteiger partial charge is 0.274 e. The number of benzene rings is 3. The van der Waals surface area contributed by atoms with E-state index in [2.05, 4.69) is 4.72 Å². The zero-order valence-electron chi connectivity index (χ0n) is 14.1. The first-order valence-corrected chi connectivity index (χ1v) is 9.15. The van der Waals surface area contributed by atoms with E-state index in [1.165, 1.54) is 31.2 Å². The van der Waals surface area contributed by atoms with Crippen molar-refractivity contribution in [3.63, 3.8) is 0 Å². The van der Waals surface area contributed by atoms with Gasteiger partial charge in [0.1, 0.15) is 5.75 Å². The van der Waals surface area contributed by atoms with Gasteiger partial charge in [-0.05, 0) is 48.0 Å². The van der Waals surface area contributed by atoms with Crippen LogP contribution in [0.4, 0.5) is 11.4 Å². The van der Waals surface area contributed by atoms with Crippen LogP contribution in [0.3, 0.4) is 0 Å². The van der Waals surface area contributed by atoms with E-state index in [4.69, 9.17) is 4.74 Å². The lowest BCUT2D eigenvalue weighted by Crippen LogP contribution is -2.14. The van der Waals surface area contributed by atoms with Gasteiger partial charge in [0, 0.05) is 6.07 Å². The predicted octanol–water partition coefficient (Wildman–Crippen LogP) is 3.87. The van der Waals surface area contributed by atoms with E-state index in [9.17, 15) is 18.5 Å². The second kappa shape index (κ2) is 6.64. The Kier molecular flexibility index (Phi) is 4.52. The zero-order valence-corrected chi connectivity index (χ0v) is 14.9. The van der Waals surface area contributed by atoms with Crippen LogP contribution in [0.2, 0.25) is 0 Å². The van der Waals surface area contributed by atoms with E-state index in [1.54, 1.807) is 31.4 Å². The first kappa shape index (κ1) is 17.7. The zero-order chi connectivity index (χ0) is 18.9. The molecule has 3 rings (SSSR count). The van der Waals surface area contributed by atoms with Gasteiger partial charge >= 0.3 is 0 Å². The van der Waals surface area contributed by atoms with Crippen LogP contribution in [0.15, 0.2) is 59.5 Å². The number of ether oxygens (including phenoxy) is 1. The lowest BCUT2D eigenvalue weighted by atomic mass is 10.1. The summed E-state index contributed by atoms with van der Waals surface area (Å²) in [4.78, 5) is 10.6. The number of nitro benzene ring substituents is 1. The third-order valence-electron chi connectivity index (χ3n) is 4.08. The molecule has 0 saturated heterocycles. The molecule has 0 saturated carbocycles. The van der Waals surface area contributed by atoms with Crippen LogP contribution in [0.5, 0.6) is 5.75 Å². The Balaban J connectivity index is 2.00. The van der Waals surface area contributed by atoms with Gasteiger partial charge in [0.25, 0.3) is 15.7 Å². The number of methoxy groups -OCH3 is 1. The fraction of sp³-hybridized carbons (Fsp3) is 0.111. The molecular formula is C18H16N2O5S. The molecule has 26 heavy (non-hydrogen) atoms. The lowest BCUT2D eigenvalue weighted by molar-refractivity contribution is -0.385. The molecule has 0 atom stereocenters. The van der Waals surface area contributed by atoms with E-state index in [0.717, 1.165) is 10.8 Å². The van der Waals surface area contributed by atoms with Crippen molar-refractivity contribution in [1.29, 1.82) is 0 Å². The van der Waals surface area contributed by atoms with Crippen molar-refractivity contribution in [3.8, 4) is 5.75 Å². The van der Waals surface area contributed by atoms with Gasteiger partial charge in [0.05, 0.1) is 28.2 Å². The summed E-state index contributed by atoms with van der Waals surface area (Å²) in [5, 5.41) is 12.6. The molecule has 0 aromatic heterocycles. The van der Waals surface area contributed by atoms with Crippen molar-refractivity contribution in [2.75, 3.05) is 11.8 Å². The third kappa shape index (κ3) is 3.31. The molecule has 0 aliphatic heterocycles. The predicted molar refractivity (Wildman–Crippen MR) is 99.1 cm³/mol. The molecule has 0 unspecified atom stereocenters. The number of anilines is 1. The van der Waals surface area contributed by atoms with Crippen LogP contribution in [0.25, 0.3) is 10.8 Å². The van der Waals surface area contributed by atoms with E-state index in [1.807, 2.05) is 6.07 Å². The Morgan fingerprint density at radius 3 is 2.42 bits per heavy atom. The molecular weight excluding hydrogens is 356 g/mol. The van der Waals surface area contributed by atoms with Gasteiger partial charge < -0.3 is 4.74 Å². The van der Waals surface area contributed by atoms with Gasteiger partial charge in [0.2, 0.25) is 0 Å². The standard InChI is InChI=1S/C18H16N2O5S/c1-12-17(4-3-5-18(12)20(21)22)19-26(23,24)16-9-7-13-10-15(25-2)8-6-14(13)11-16/h3-11,19H,1-2H3. The summed E-state index contributed by atoms with van der Waals surface area (Å²) in [6, 6.07) is 14.3. The number of hydrogen-bond donors (Lipinski definition) is 1. The van der Waals surface area contributed by atoms with E-state index in [-0.39, 0.29) is 21.8 Å². The molecule has 0 heterocycles. The minimum atomic E-state index is -3.89. The molecule has 8 heteroatoms. The van der Waals surface area contributed by atoms with Crippen LogP contribution in [0.1, 0.15) is 5.56 Å². The highest BCUT2D eigenvalue weighted by Crippen LogP contribution is 2.28. The fourth-order valence-electron chi connectivity index (χ4n) is 2.63. The van der Waals surface area contributed by atoms with Crippen molar-refractivity contribution in [1.82, 2.24) is 0 Å². The maximum Gasteiger partial charge on any atom is 0.274 e. The number of nitrogens with zero attached hydrogens (tertiary/aromatic N) is 1. The Hall–Kier alpha value is -3.13. The van der Waals surface area contributed by atoms with E-state index < -0.39 is 14.9 Å². The molecule has 0 radical (unpaired) electrons. The van der Waals surface area contributed by atoms with Crippen molar-refractivity contribution in [3.05, 3.63) is 70.3 Å². The molecule has 0 aliphatic carbocycles. The van der Waals surface area contributed by atoms with Gasteiger partial charge in [0.15, 0.2) is 0 Å². The topological polar surface area (TPSA) is 98.5 Å². The number of sulfonamides is 1. The van der Waals surface area contributed by atoms with Crippen molar-refractivity contribution < 1.29 is 18.1 Å². The first-order chi connectivity index (χ1) is 12.3. The highest BCUT2D eigenvalue weighted by molar-refractivity contribution is 7.92. The van der Waals surface area contributed by atoms with Gasteiger partial charge in [-0.15, -0.1) is 0 Å². The molecule has 3 aromatic rings. The first-order valence-electron chi connectivity index (χ1n) is 7.66. The van der Waals surface area contributed by atoms with E-state index >= 15 is 0 Å². The summed E-state index contributed by atoms with van der Waals surface area (Å²) in [7, 11) is -2.33. The SMILES string of the molecule is COc1ccc2cc(S(=O)(=O)Nc3cccc([N+](=O)[O-])c3C)ccc2c1. The molecule has 0 amide bonds. The average Bonchev–Trinajstić information content (AvgIpc) is 2.62. The molecule has 0 fully saturated rings. The number of fused-ring (bicyclic) bond motifs is 1. The third-order valence-corrected chi connectivity index (χ3v) is 5.44. The molecule has 3 aromatic carbocycles. The highest BCUT2D eigenvalue weighted by Gasteiger charge is 2.19. The fourth-order valence-corrected chi connectivity index (χ4v) is 3.79.